The van der Waals surface area contributed by atoms with Crippen LogP contribution >= 0.6 is 0 Å². The average molecular weight is 239 g/mol. The number of hydrogen-bond acceptors (Lipinski definition) is 3. The van der Waals surface area contributed by atoms with Gasteiger partial charge in [0.25, 0.3) is 0 Å². The first-order valence-corrected chi connectivity index (χ1v) is 6.88. The van der Waals surface area contributed by atoms with Crippen LogP contribution in [0.15, 0.2) is 11.8 Å². The number of methoxy groups -OCH3 is 1. The van der Waals surface area contributed by atoms with Crippen molar-refractivity contribution >= 4 is 0 Å². The monoisotopic (exact) mass is 239 g/mol. The van der Waals surface area contributed by atoms with Crippen molar-refractivity contribution in [1.82, 2.24) is 5.32 Å². The van der Waals surface area contributed by atoms with Crippen molar-refractivity contribution < 1.29 is 9.47 Å². The zero-order chi connectivity index (χ0) is 12.1. The molecule has 0 aromatic rings. The van der Waals surface area contributed by atoms with Gasteiger partial charge in [-0.25, -0.2) is 0 Å². The average Bonchev–Trinajstić information content (AvgIpc) is 2.42. The van der Waals surface area contributed by atoms with Crippen molar-refractivity contribution in [1.29, 1.82) is 0 Å². The van der Waals surface area contributed by atoms with Crippen molar-refractivity contribution in [3.63, 3.8) is 0 Å². The second-order valence-corrected chi connectivity index (χ2v) is 5.15. The van der Waals surface area contributed by atoms with E-state index in [9.17, 15) is 0 Å². The van der Waals surface area contributed by atoms with Crippen LogP contribution in [0.3, 0.4) is 0 Å². The molecule has 0 aromatic heterocycles. The second kappa shape index (κ2) is 5.87. The normalized spacial score (nSPS) is 25.9. The van der Waals surface area contributed by atoms with Crippen molar-refractivity contribution in [2.75, 3.05) is 20.8 Å². The van der Waals surface area contributed by atoms with E-state index in [1.165, 1.54) is 19.3 Å². The Bertz CT molecular complexity index is 269. The fourth-order valence-electron chi connectivity index (χ4n) is 3.20. The van der Waals surface area contributed by atoms with Crippen LogP contribution in [0.2, 0.25) is 0 Å². The van der Waals surface area contributed by atoms with E-state index in [-0.39, 0.29) is 11.6 Å². The predicted molar refractivity (Wildman–Crippen MR) is 68.9 cm³/mol. The van der Waals surface area contributed by atoms with Gasteiger partial charge in [0, 0.05) is 7.11 Å². The molecular formula is C14H25NO2. The number of nitrogens with one attached hydrogen (secondary N) is 1. The molecule has 3 nitrogen and oxygen atoms in total. The van der Waals surface area contributed by atoms with Gasteiger partial charge >= 0.3 is 0 Å². The number of ether oxygens (including phenoxy) is 2. The quantitative estimate of drug-likeness (QED) is 0.818. The molecule has 0 bridgehead atoms. The highest BCUT2D eigenvalue weighted by Crippen LogP contribution is 2.37. The summed E-state index contributed by atoms with van der Waals surface area (Å²) in [7, 11) is 3.86. The molecule has 1 aliphatic carbocycles. The number of rotatable bonds is 4. The van der Waals surface area contributed by atoms with Crippen LogP contribution in [-0.2, 0) is 9.47 Å². The standard InChI is InChI=1S/C14H25NO2/c1-15-13(12-8-4-7-11-17-12)14(16-2)9-5-3-6-10-14/h8,13,15H,3-7,9-11H2,1-2H3. The second-order valence-electron chi connectivity index (χ2n) is 5.15. The van der Waals surface area contributed by atoms with E-state index < -0.39 is 0 Å². The molecule has 2 rings (SSSR count). The molecule has 1 N–H and O–H groups in total. The summed E-state index contributed by atoms with van der Waals surface area (Å²) in [4.78, 5) is 0. The Morgan fingerprint density at radius 3 is 2.59 bits per heavy atom. The van der Waals surface area contributed by atoms with E-state index in [1.54, 1.807) is 0 Å². The van der Waals surface area contributed by atoms with Gasteiger partial charge in [0.15, 0.2) is 0 Å². The van der Waals surface area contributed by atoms with Gasteiger partial charge in [0.05, 0.1) is 18.2 Å². The zero-order valence-electron chi connectivity index (χ0n) is 11.1. The summed E-state index contributed by atoms with van der Waals surface area (Å²) < 4.78 is 11.7. The molecule has 0 saturated heterocycles. The SMILES string of the molecule is CNC(C1=CCCCO1)C1(OC)CCCCC1. The highest BCUT2D eigenvalue weighted by molar-refractivity contribution is 5.14. The molecule has 0 spiro atoms. The molecule has 1 unspecified atom stereocenters. The van der Waals surface area contributed by atoms with Gasteiger partial charge in [-0.3, -0.25) is 0 Å². The molecule has 1 atom stereocenters. The molecule has 1 saturated carbocycles. The van der Waals surface area contributed by atoms with Crippen LogP contribution in [0.4, 0.5) is 0 Å². The lowest BCUT2D eigenvalue weighted by Crippen LogP contribution is -2.53. The minimum Gasteiger partial charge on any atom is -0.496 e. The maximum absolute atomic E-state index is 5.90. The molecule has 98 valence electrons. The third kappa shape index (κ3) is 2.66. The van der Waals surface area contributed by atoms with Gasteiger partial charge in [-0.1, -0.05) is 19.3 Å². The van der Waals surface area contributed by atoms with Gasteiger partial charge in [-0.05, 0) is 38.8 Å². The molecule has 17 heavy (non-hydrogen) atoms. The first kappa shape index (κ1) is 12.9. The van der Waals surface area contributed by atoms with Crippen LogP contribution in [0, 0.1) is 0 Å². The van der Waals surface area contributed by atoms with E-state index in [1.807, 2.05) is 14.2 Å². The topological polar surface area (TPSA) is 30.5 Å². The molecule has 0 aromatic carbocycles. The summed E-state index contributed by atoms with van der Waals surface area (Å²) in [5.41, 5.74) is -0.0594. The Morgan fingerprint density at radius 1 is 1.29 bits per heavy atom. The summed E-state index contributed by atoms with van der Waals surface area (Å²) in [6, 6.07) is 0.216. The Kier molecular flexibility index (Phi) is 4.46. The maximum Gasteiger partial charge on any atom is 0.112 e. The van der Waals surface area contributed by atoms with Crippen LogP contribution < -0.4 is 5.32 Å². The number of allylic oxidation sites excluding steroid dienone is 1. The maximum atomic E-state index is 5.90. The van der Waals surface area contributed by atoms with Crippen LogP contribution in [0.25, 0.3) is 0 Å². The fraction of sp³-hybridized carbons (Fsp3) is 0.857. The van der Waals surface area contributed by atoms with Crippen molar-refractivity contribution in [3.8, 4) is 0 Å². The molecule has 1 fully saturated rings. The van der Waals surface area contributed by atoms with Crippen molar-refractivity contribution in [3.05, 3.63) is 11.8 Å². The van der Waals surface area contributed by atoms with Gasteiger partial charge in [-0.15, -0.1) is 0 Å². The highest BCUT2D eigenvalue weighted by Gasteiger charge is 2.42. The summed E-state index contributed by atoms with van der Waals surface area (Å²) in [5.74, 6) is 1.10. The lowest BCUT2D eigenvalue weighted by atomic mass is 9.78. The first-order valence-electron chi connectivity index (χ1n) is 6.88. The predicted octanol–water partition coefficient (Wildman–Crippen LogP) is 2.62. The minimum absolute atomic E-state index is 0.0594. The zero-order valence-corrected chi connectivity index (χ0v) is 11.1. The van der Waals surface area contributed by atoms with Gasteiger partial charge in [-0.2, -0.15) is 0 Å². The van der Waals surface area contributed by atoms with Crippen molar-refractivity contribution in [2.45, 2.75) is 56.6 Å². The molecule has 1 heterocycles. The smallest absolute Gasteiger partial charge is 0.112 e. The third-order valence-corrected chi connectivity index (χ3v) is 4.17. The third-order valence-electron chi connectivity index (χ3n) is 4.17. The number of hydrogen-bond donors (Lipinski definition) is 1. The lowest BCUT2D eigenvalue weighted by molar-refractivity contribution is -0.0696. The van der Waals surface area contributed by atoms with Crippen LogP contribution in [-0.4, -0.2) is 32.4 Å². The summed E-state index contributed by atoms with van der Waals surface area (Å²) in [5, 5.41) is 3.41. The fourth-order valence-corrected chi connectivity index (χ4v) is 3.20. The van der Waals surface area contributed by atoms with E-state index in [2.05, 4.69) is 11.4 Å². The highest BCUT2D eigenvalue weighted by atomic mass is 16.5. The van der Waals surface area contributed by atoms with Gasteiger partial charge in [0.2, 0.25) is 0 Å². The molecule has 3 heteroatoms. The Hall–Kier alpha value is -0.540. The molecule has 0 amide bonds. The molecular weight excluding hydrogens is 214 g/mol. The summed E-state index contributed by atoms with van der Waals surface area (Å²) in [6.07, 6.45) is 10.6. The van der Waals surface area contributed by atoms with E-state index >= 15 is 0 Å². The van der Waals surface area contributed by atoms with Crippen molar-refractivity contribution in [2.24, 2.45) is 0 Å². The summed E-state index contributed by atoms with van der Waals surface area (Å²) >= 11 is 0. The lowest BCUT2D eigenvalue weighted by Gasteiger charge is -2.43. The Morgan fingerprint density at radius 2 is 2.06 bits per heavy atom. The van der Waals surface area contributed by atoms with Crippen LogP contribution in [0.5, 0.6) is 0 Å². The van der Waals surface area contributed by atoms with Gasteiger partial charge in [0.1, 0.15) is 5.76 Å². The first-order chi connectivity index (χ1) is 8.32. The molecule has 0 radical (unpaired) electrons. The van der Waals surface area contributed by atoms with E-state index in [0.29, 0.717) is 0 Å². The molecule has 1 aliphatic heterocycles. The van der Waals surface area contributed by atoms with Crippen LogP contribution in [0.1, 0.15) is 44.9 Å². The summed E-state index contributed by atoms with van der Waals surface area (Å²) in [6.45, 7) is 0.851. The molecule has 2 aliphatic rings. The van der Waals surface area contributed by atoms with Gasteiger partial charge < -0.3 is 14.8 Å². The van der Waals surface area contributed by atoms with E-state index in [0.717, 1.165) is 38.0 Å². The largest absolute Gasteiger partial charge is 0.496 e. The minimum atomic E-state index is -0.0594. The Labute approximate surface area is 105 Å². The Balaban J connectivity index is 2.16. The van der Waals surface area contributed by atoms with E-state index in [4.69, 9.17) is 9.47 Å². The number of likely N-dealkylation sites (N-methyl/N-ethyl adjacent to an activating group) is 1.